The third-order valence-corrected chi connectivity index (χ3v) is 3.78. The molecule has 0 saturated carbocycles. The van der Waals surface area contributed by atoms with E-state index in [2.05, 4.69) is 10.2 Å². The second-order valence-electron chi connectivity index (χ2n) is 5.22. The van der Waals surface area contributed by atoms with E-state index in [9.17, 15) is 14.0 Å². The molecule has 3 rings (SSSR count). The van der Waals surface area contributed by atoms with E-state index in [1.165, 1.54) is 17.0 Å². The predicted octanol–water partition coefficient (Wildman–Crippen LogP) is 1.76. The SMILES string of the molecule is O=C(O)[C@H]1CCN(C(=O)c2cc(-c3ccccc3F)n[nH]2)C1. The van der Waals surface area contributed by atoms with Gasteiger partial charge in [0.05, 0.1) is 11.6 Å². The van der Waals surface area contributed by atoms with Crippen molar-refractivity contribution in [3.8, 4) is 11.3 Å². The highest BCUT2D eigenvalue weighted by Crippen LogP contribution is 2.23. The van der Waals surface area contributed by atoms with Gasteiger partial charge in [-0.1, -0.05) is 12.1 Å². The molecule has 1 aliphatic rings. The number of halogens is 1. The Hall–Kier alpha value is -2.70. The fraction of sp³-hybridized carbons (Fsp3) is 0.267. The quantitative estimate of drug-likeness (QED) is 0.904. The Bertz CT molecular complexity index is 728. The first-order valence-electron chi connectivity index (χ1n) is 6.88. The summed E-state index contributed by atoms with van der Waals surface area (Å²) in [5.74, 6) is -2.16. The van der Waals surface area contributed by atoms with Gasteiger partial charge in [0.1, 0.15) is 11.5 Å². The zero-order chi connectivity index (χ0) is 15.7. The first kappa shape index (κ1) is 14.2. The summed E-state index contributed by atoms with van der Waals surface area (Å²) in [6, 6.07) is 7.65. The number of hydrogen-bond donors (Lipinski definition) is 2. The van der Waals surface area contributed by atoms with Crippen LogP contribution < -0.4 is 0 Å². The fourth-order valence-electron chi connectivity index (χ4n) is 2.55. The third kappa shape index (κ3) is 2.57. The van der Waals surface area contributed by atoms with E-state index in [1.54, 1.807) is 18.2 Å². The summed E-state index contributed by atoms with van der Waals surface area (Å²) in [6.07, 6.45) is 0.440. The van der Waals surface area contributed by atoms with Crippen LogP contribution in [0.1, 0.15) is 16.9 Å². The lowest BCUT2D eigenvalue weighted by Gasteiger charge is -2.13. The second-order valence-corrected chi connectivity index (χ2v) is 5.22. The maximum atomic E-state index is 13.7. The number of rotatable bonds is 3. The molecule has 1 aromatic carbocycles. The molecular formula is C15H14FN3O3. The van der Waals surface area contributed by atoms with Crippen LogP contribution in [0.25, 0.3) is 11.3 Å². The van der Waals surface area contributed by atoms with Crippen molar-refractivity contribution in [1.29, 1.82) is 0 Å². The van der Waals surface area contributed by atoms with Gasteiger partial charge in [0.25, 0.3) is 5.91 Å². The van der Waals surface area contributed by atoms with Gasteiger partial charge in [-0.25, -0.2) is 4.39 Å². The number of H-pyrrole nitrogens is 1. The monoisotopic (exact) mass is 303 g/mol. The summed E-state index contributed by atoms with van der Waals surface area (Å²) in [7, 11) is 0. The van der Waals surface area contributed by atoms with Crippen LogP contribution in [0.5, 0.6) is 0 Å². The molecule has 0 unspecified atom stereocenters. The topological polar surface area (TPSA) is 86.3 Å². The van der Waals surface area contributed by atoms with E-state index in [0.29, 0.717) is 24.2 Å². The summed E-state index contributed by atoms with van der Waals surface area (Å²) >= 11 is 0. The van der Waals surface area contributed by atoms with E-state index in [-0.39, 0.29) is 18.1 Å². The molecule has 1 aromatic heterocycles. The number of carboxylic acids is 1. The Morgan fingerprint density at radius 1 is 1.36 bits per heavy atom. The molecule has 1 aliphatic heterocycles. The molecule has 114 valence electrons. The van der Waals surface area contributed by atoms with Crippen molar-refractivity contribution in [2.75, 3.05) is 13.1 Å². The zero-order valence-corrected chi connectivity index (χ0v) is 11.6. The predicted molar refractivity (Wildman–Crippen MR) is 75.6 cm³/mol. The maximum absolute atomic E-state index is 13.7. The highest BCUT2D eigenvalue weighted by Gasteiger charge is 2.32. The minimum absolute atomic E-state index is 0.183. The fourth-order valence-corrected chi connectivity index (χ4v) is 2.55. The van der Waals surface area contributed by atoms with Crippen LogP contribution in [0, 0.1) is 11.7 Å². The zero-order valence-electron chi connectivity index (χ0n) is 11.6. The van der Waals surface area contributed by atoms with Crippen molar-refractivity contribution in [3.05, 3.63) is 41.8 Å². The Balaban J connectivity index is 1.78. The number of aromatic amines is 1. The number of aliphatic carboxylic acids is 1. The number of likely N-dealkylation sites (tertiary alicyclic amines) is 1. The lowest BCUT2D eigenvalue weighted by molar-refractivity contribution is -0.141. The summed E-state index contributed by atoms with van der Waals surface area (Å²) in [6.45, 7) is 0.575. The number of hydrogen-bond acceptors (Lipinski definition) is 3. The van der Waals surface area contributed by atoms with Gasteiger partial charge in [0.2, 0.25) is 0 Å². The summed E-state index contributed by atoms with van der Waals surface area (Å²) in [5, 5.41) is 15.5. The molecule has 6 nitrogen and oxygen atoms in total. The molecule has 1 fully saturated rings. The smallest absolute Gasteiger partial charge is 0.308 e. The van der Waals surface area contributed by atoms with Gasteiger partial charge in [-0.05, 0) is 24.6 Å². The van der Waals surface area contributed by atoms with Gasteiger partial charge in [0, 0.05) is 18.7 Å². The van der Waals surface area contributed by atoms with Crippen molar-refractivity contribution in [3.63, 3.8) is 0 Å². The van der Waals surface area contributed by atoms with Crippen LogP contribution in [-0.4, -0.2) is 45.2 Å². The van der Waals surface area contributed by atoms with E-state index >= 15 is 0 Å². The number of nitrogens with one attached hydrogen (secondary N) is 1. The molecule has 2 aromatic rings. The maximum Gasteiger partial charge on any atom is 0.308 e. The highest BCUT2D eigenvalue weighted by atomic mass is 19.1. The first-order chi connectivity index (χ1) is 10.6. The van der Waals surface area contributed by atoms with E-state index in [0.717, 1.165) is 0 Å². The van der Waals surface area contributed by atoms with Crippen LogP contribution in [0.15, 0.2) is 30.3 Å². The van der Waals surface area contributed by atoms with Crippen molar-refractivity contribution in [2.24, 2.45) is 5.92 Å². The van der Waals surface area contributed by atoms with Gasteiger partial charge in [-0.3, -0.25) is 14.7 Å². The van der Waals surface area contributed by atoms with Crippen LogP contribution in [0.3, 0.4) is 0 Å². The Morgan fingerprint density at radius 2 is 2.14 bits per heavy atom. The average Bonchev–Trinajstić information content (AvgIpc) is 3.17. The second kappa shape index (κ2) is 5.59. The largest absolute Gasteiger partial charge is 0.481 e. The molecule has 1 atom stereocenters. The summed E-state index contributed by atoms with van der Waals surface area (Å²) in [4.78, 5) is 24.7. The standard InChI is InChI=1S/C15H14FN3O3/c16-11-4-2-1-3-10(11)12-7-13(18-17-12)14(20)19-6-5-9(8-19)15(21)22/h1-4,7,9H,5-6,8H2,(H,17,18)(H,21,22)/t9-/m0/s1. The van der Waals surface area contributed by atoms with Gasteiger partial charge < -0.3 is 10.0 Å². The Kier molecular flexibility index (Phi) is 3.62. The molecule has 0 spiro atoms. The van der Waals surface area contributed by atoms with Crippen LogP contribution in [0.2, 0.25) is 0 Å². The number of amides is 1. The number of carboxylic acid groups (broad SMARTS) is 1. The highest BCUT2D eigenvalue weighted by molar-refractivity contribution is 5.94. The van der Waals surface area contributed by atoms with Crippen molar-refractivity contribution in [2.45, 2.75) is 6.42 Å². The molecule has 2 N–H and O–H groups in total. The Morgan fingerprint density at radius 3 is 2.82 bits per heavy atom. The van der Waals surface area contributed by atoms with Crippen molar-refractivity contribution < 1.29 is 19.1 Å². The molecule has 7 heteroatoms. The average molecular weight is 303 g/mol. The molecule has 2 heterocycles. The third-order valence-electron chi connectivity index (χ3n) is 3.78. The normalized spacial score (nSPS) is 17.7. The summed E-state index contributed by atoms with van der Waals surface area (Å²) in [5.41, 5.74) is 0.877. The van der Waals surface area contributed by atoms with Gasteiger partial charge in [-0.15, -0.1) is 0 Å². The minimum atomic E-state index is -0.896. The number of carbonyl (C=O) groups excluding carboxylic acids is 1. The molecule has 1 saturated heterocycles. The number of nitrogens with zero attached hydrogens (tertiary/aromatic N) is 2. The van der Waals surface area contributed by atoms with E-state index in [4.69, 9.17) is 5.11 Å². The molecule has 0 radical (unpaired) electrons. The van der Waals surface area contributed by atoms with Gasteiger partial charge in [-0.2, -0.15) is 5.10 Å². The number of benzene rings is 1. The first-order valence-corrected chi connectivity index (χ1v) is 6.88. The molecule has 0 aliphatic carbocycles. The lowest BCUT2D eigenvalue weighted by atomic mass is 10.1. The van der Waals surface area contributed by atoms with E-state index < -0.39 is 17.7 Å². The van der Waals surface area contributed by atoms with Crippen LogP contribution in [-0.2, 0) is 4.79 Å². The van der Waals surface area contributed by atoms with Crippen LogP contribution in [0.4, 0.5) is 4.39 Å². The Labute approximate surface area is 125 Å². The molecule has 22 heavy (non-hydrogen) atoms. The van der Waals surface area contributed by atoms with Crippen molar-refractivity contribution >= 4 is 11.9 Å². The number of aromatic nitrogens is 2. The van der Waals surface area contributed by atoms with Gasteiger partial charge in [0.15, 0.2) is 0 Å². The van der Waals surface area contributed by atoms with Crippen molar-refractivity contribution in [1.82, 2.24) is 15.1 Å². The lowest BCUT2D eigenvalue weighted by Crippen LogP contribution is -2.30. The van der Waals surface area contributed by atoms with Gasteiger partial charge >= 0.3 is 5.97 Å². The number of carbonyl (C=O) groups is 2. The minimum Gasteiger partial charge on any atom is -0.481 e. The summed E-state index contributed by atoms with van der Waals surface area (Å²) < 4.78 is 13.7. The molecular weight excluding hydrogens is 289 g/mol. The van der Waals surface area contributed by atoms with Crippen LogP contribution >= 0.6 is 0 Å². The van der Waals surface area contributed by atoms with E-state index in [1.807, 2.05) is 0 Å². The molecule has 0 bridgehead atoms. The molecule has 1 amide bonds.